The number of hydrogen-bond donors (Lipinski definition) is 1. The number of benzene rings is 2. The van der Waals surface area contributed by atoms with Crippen molar-refractivity contribution in [1.29, 1.82) is 0 Å². The summed E-state index contributed by atoms with van der Waals surface area (Å²) in [4.78, 5) is 36.3. The van der Waals surface area contributed by atoms with E-state index < -0.39 is 34.5 Å². The van der Waals surface area contributed by atoms with Gasteiger partial charge in [0.05, 0.1) is 22.4 Å². The van der Waals surface area contributed by atoms with Gasteiger partial charge in [0, 0.05) is 6.07 Å². The molecule has 1 aliphatic heterocycles. The van der Waals surface area contributed by atoms with Gasteiger partial charge in [-0.2, -0.15) is 0 Å². The summed E-state index contributed by atoms with van der Waals surface area (Å²) in [6.45, 7) is 2.63. The summed E-state index contributed by atoms with van der Waals surface area (Å²) in [5.41, 5.74) is -0.617. The number of carbonyl (C=O) groups excluding carboxylic acids is 2. The number of para-hydroxylation sites is 2. The number of anilines is 2. The predicted octanol–water partition coefficient (Wildman–Crippen LogP) is 2.88. The van der Waals surface area contributed by atoms with Crippen LogP contribution in [0.3, 0.4) is 0 Å². The third kappa shape index (κ3) is 3.31. The minimum Gasteiger partial charge on any atom is -0.481 e. The number of nitro benzene ring substituents is 1. The van der Waals surface area contributed by atoms with E-state index in [0.717, 1.165) is 12.1 Å². The van der Waals surface area contributed by atoms with Gasteiger partial charge in [-0.15, -0.1) is 0 Å². The van der Waals surface area contributed by atoms with Gasteiger partial charge in [0.15, 0.2) is 18.2 Å². The van der Waals surface area contributed by atoms with Crippen molar-refractivity contribution in [1.82, 2.24) is 0 Å². The number of nitrogens with zero attached hydrogens (tertiary/aromatic N) is 2. The normalized spacial score (nSPS) is 14.9. The highest BCUT2D eigenvalue weighted by Gasteiger charge is 2.43. The van der Waals surface area contributed by atoms with Crippen molar-refractivity contribution in [3.63, 3.8) is 0 Å². The smallest absolute Gasteiger partial charge is 0.272 e. The standard InChI is InChI=1S/C18H16FN3O5/c1-18(2)17(24)20-13-5-3-4-6-14(13)21(18)16(23)10-27-15-8-7-11(22(25)26)9-12(15)19/h3-9H,10H2,1-2H3,(H,20,24). The zero-order valence-electron chi connectivity index (χ0n) is 14.6. The SMILES string of the molecule is CC1(C)C(=O)Nc2ccccc2N1C(=O)COc1ccc([N+](=O)[O-])cc1F. The summed E-state index contributed by atoms with van der Waals surface area (Å²) in [5, 5.41) is 13.4. The Kier molecular flexibility index (Phi) is 4.52. The molecule has 0 aromatic heterocycles. The largest absolute Gasteiger partial charge is 0.481 e. The van der Waals surface area contributed by atoms with Gasteiger partial charge < -0.3 is 10.1 Å². The van der Waals surface area contributed by atoms with Crippen molar-refractivity contribution < 1.29 is 23.6 Å². The number of carbonyl (C=O) groups is 2. The van der Waals surface area contributed by atoms with Crippen LogP contribution in [0.2, 0.25) is 0 Å². The van der Waals surface area contributed by atoms with Crippen LogP contribution in [0.1, 0.15) is 13.8 Å². The van der Waals surface area contributed by atoms with E-state index in [0.29, 0.717) is 17.4 Å². The molecule has 0 bridgehead atoms. The fourth-order valence-corrected chi connectivity index (χ4v) is 2.82. The monoisotopic (exact) mass is 373 g/mol. The highest BCUT2D eigenvalue weighted by atomic mass is 19.1. The average Bonchev–Trinajstić information content (AvgIpc) is 2.61. The van der Waals surface area contributed by atoms with Gasteiger partial charge in [0.2, 0.25) is 5.91 Å². The predicted molar refractivity (Wildman–Crippen MR) is 95.2 cm³/mol. The summed E-state index contributed by atoms with van der Waals surface area (Å²) in [6, 6.07) is 9.68. The Labute approximate surface area is 153 Å². The first-order valence-corrected chi connectivity index (χ1v) is 8.02. The number of fused-ring (bicyclic) bond motifs is 1. The summed E-state index contributed by atoms with van der Waals surface area (Å²) >= 11 is 0. The summed E-state index contributed by atoms with van der Waals surface area (Å²) < 4.78 is 19.1. The lowest BCUT2D eigenvalue weighted by molar-refractivity contribution is -0.385. The molecule has 0 atom stereocenters. The van der Waals surface area contributed by atoms with Crippen molar-refractivity contribution in [3.05, 3.63) is 58.4 Å². The van der Waals surface area contributed by atoms with Crippen LogP contribution in [0, 0.1) is 15.9 Å². The molecule has 3 rings (SSSR count). The summed E-state index contributed by atoms with van der Waals surface area (Å²) in [6.07, 6.45) is 0. The molecule has 0 radical (unpaired) electrons. The Morgan fingerprint density at radius 2 is 2.00 bits per heavy atom. The van der Waals surface area contributed by atoms with E-state index in [9.17, 15) is 24.1 Å². The molecular formula is C18H16FN3O5. The van der Waals surface area contributed by atoms with Crippen molar-refractivity contribution in [3.8, 4) is 5.75 Å². The molecule has 9 heteroatoms. The maximum Gasteiger partial charge on any atom is 0.272 e. The topological polar surface area (TPSA) is 102 Å². The van der Waals surface area contributed by atoms with Crippen LogP contribution >= 0.6 is 0 Å². The second-order valence-electron chi connectivity index (χ2n) is 6.42. The molecule has 140 valence electrons. The minimum atomic E-state index is -1.18. The molecule has 2 amide bonds. The quantitative estimate of drug-likeness (QED) is 0.656. The van der Waals surface area contributed by atoms with Crippen LogP contribution in [-0.4, -0.2) is 28.9 Å². The first-order valence-electron chi connectivity index (χ1n) is 8.02. The molecule has 1 N–H and O–H groups in total. The summed E-state index contributed by atoms with van der Waals surface area (Å²) in [7, 11) is 0. The molecule has 1 aliphatic rings. The number of rotatable bonds is 4. The van der Waals surface area contributed by atoms with Gasteiger partial charge in [-0.3, -0.25) is 24.6 Å². The second-order valence-corrected chi connectivity index (χ2v) is 6.42. The third-order valence-corrected chi connectivity index (χ3v) is 4.23. The van der Waals surface area contributed by atoms with Crippen molar-refractivity contribution in [2.24, 2.45) is 0 Å². The molecule has 27 heavy (non-hydrogen) atoms. The lowest BCUT2D eigenvalue weighted by Gasteiger charge is -2.41. The molecule has 0 saturated carbocycles. The Hall–Kier alpha value is -3.49. The lowest BCUT2D eigenvalue weighted by Crippen LogP contribution is -2.59. The van der Waals surface area contributed by atoms with Crippen LogP contribution in [0.4, 0.5) is 21.5 Å². The maximum atomic E-state index is 13.9. The van der Waals surface area contributed by atoms with Crippen LogP contribution in [0.25, 0.3) is 0 Å². The van der Waals surface area contributed by atoms with Crippen LogP contribution in [-0.2, 0) is 9.59 Å². The fourth-order valence-electron chi connectivity index (χ4n) is 2.82. The van der Waals surface area contributed by atoms with Crippen molar-refractivity contribution >= 4 is 28.9 Å². The van der Waals surface area contributed by atoms with Gasteiger partial charge in [0.25, 0.3) is 11.6 Å². The van der Waals surface area contributed by atoms with Crippen molar-refractivity contribution in [2.75, 3.05) is 16.8 Å². The molecule has 1 heterocycles. The Morgan fingerprint density at radius 1 is 1.30 bits per heavy atom. The van der Waals surface area contributed by atoms with Gasteiger partial charge in [-0.05, 0) is 32.0 Å². The molecule has 0 unspecified atom stereocenters. The molecule has 0 spiro atoms. The number of nitrogens with one attached hydrogen (secondary N) is 1. The number of amides is 2. The van der Waals surface area contributed by atoms with E-state index >= 15 is 0 Å². The fraction of sp³-hybridized carbons (Fsp3) is 0.222. The first-order chi connectivity index (χ1) is 12.7. The van der Waals surface area contributed by atoms with E-state index in [-0.39, 0.29) is 11.7 Å². The molecule has 0 fully saturated rings. The van der Waals surface area contributed by atoms with Gasteiger partial charge in [-0.25, -0.2) is 4.39 Å². The van der Waals surface area contributed by atoms with E-state index in [1.54, 1.807) is 38.1 Å². The average molecular weight is 373 g/mol. The number of ether oxygens (including phenoxy) is 1. The first kappa shape index (κ1) is 18.3. The Bertz CT molecular complexity index is 944. The Balaban J connectivity index is 1.83. The summed E-state index contributed by atoms with van der Waals surface area (Å²) in [5.74, 6) is -2.16. The third-order valence-electron chi connectivity index (χ3n) is 4.23. The van der Waals surface area contributed by atoms with E-state index in [4.69, 9.17) is 4.74 Å². The number of hydrogen-bond acceptors (Lipinski definition) is 5. The van der Waals surface area contributed by atoms with E-state index in [1.165, 1.54) is 4.90 Å². The number of non-ortho nitro benzene ring substituents is 1. The van der Waals surface area contributed by atoms with Gasteiger partial charge in [0.1, 0.15) is 5.54 Å². The lowest BCUT2D eigenvalue weighted by atomic mass is 9.96. The number of halogens is 1. The van der Waals surface area contributed by atoms with E-state index in [2.05, 4.69) is 5.32 Å². The zero-order chi connectivity index (χ0) is 19.8. The van der Waals surface area contributed by atoms with Gasteiger partial charge >= 0.3 is 0 Å². The highest BCUT2D eigenvalue weighted by molar-refractivity contribution is 6.14. The van der Waals surface area contributed by atoms with Crippen LogP contribution in [0.5, 0.6) is 5.75 Å². The van der Waals surface area contributed by atoms with Gasteiger partial charge in [-0.1, -0.05) is 12.1 Å². The zero-order valence-corrected chi connectivity index (χ0v) is 14.6. The number of nitro groups is 1. The molecular weight excluding hydrogens is 357 g/mol. The molecule has 8 nitrogen and oxygen atoms in total. The second kappa shape index (κ2) is 6.67. The van der Waals surface area contributed by atoms with Crippen LogP contribution < -0.4 is 15.0 Å². The molecule has 2 aromatic rings. The molecule has 0 saturated heterocycles. The van der Waals surface area contributed by atoms with Crippen LogP contribution in [0.15, 0.2) is 42.5 Å². The molecule has 2 aromatic carbocycles. The van der Waals surface area contributed by atoms with E-state index in [1.807, 2.05) is 0 Å². The minimum absolute atomic E-state index is 0.290. The highest BCUT2D eigenvalue weighted by Crippen LogP contribution is 2.36. The Morgan fingerprint density at radius 3 is 2.67 bits per heavy atom. The molecule has 0 aliphatic carbocycles. The maximum absolute atomic E-state index is 13.9. The van der Waals surface area contributed by atoms with Crippen molar-refractivity contribution in [2.45, 2.75) is 19.4 Å².